The van der Waals surface area contributed by atoms with Gasteiger partial charge in [-0.05, 0) is 19.3 Å². The van der Waals surface area contributed by atoms with E-state index >= 15 is 0 Å². The Hall–Kier alpha value is -1.49. The number of methoxy groups -OCH3 is 1. The third-order valence-corrected chi connectivity index (χ3v) is 7.54. The van der Waals surface area contributed by atoms with Crippen molar-refractivity contribution in [2.75, 3.05) is 33.4 Å². The van der Waals surface area contributed by atoms with Crippen molar-refractivity contribution in [3.63, 3.8) is 0 Å². The highest BCUT2D eigenvalue weighted by molar-refractivity contribution is 7.89. The number of likely N-dealkylation sites (tertiary alicyclic amines) is 1. The predicted molar refractivity (Wildman–Crippen MR) is 95.2 cm³/mol. The summed E-state index contributed by atoms with van der Waals surface area (Å²) >= 11 is 0. The minimum absolute atomic E-state index is 0.0816. The SMILES string of the molecule is CO[C@@H]1CC[C@H](C(=O)N2C[C@H]3COC[C@H]3C2)C[C@H]1NS(=O)(=O)c1cn[nH]c1. The third-order valence-electron chi connectivity index (χ3n) is 6.08. The van der Waals surface area contributed by atoms with E-state index in [2.05, 4.69) is 14.9 Å². The molecule has 1 aromatic heterocycles. The van der Waals surface area contributed by atoms with Gasteiger partial charge in [-0.25, -0.2) is 13.1 Å². The van der Waals surface area contributed by atoms with Crippen molar-refractivity contribution < 1.29 is 22.7 Å². The van der Waals surface area contributed by atoms with E-state index in [1.807, 2.05) is 4.90 Å². The molecular weight excluding hydrogens is 372 g/mol. The Kier molecular flexibility index (Phi) is 5.23. The van der Waals surface area contributed by atoms with Crippen LogP contribution in [-0.4, -0.2) is 75.0 Å². The van der Waals surface area contributed by atoms with Crippen molar-refractivity contribution in [1.82, 2.24) is 19.8 Å². The standard InChI is InChI=1S/C17H26N4O5S/c1-25-16-3-2-11(17(22)21-7-12-9-26-10-13(12)8-21)4-15(16)20-27(23,24)14-5-18-19-6-14/h5-6,11-13,15-16,20H,2-4,7-10H2,1H3,(H,18,19)/t11-,12-,13+,15+,16+/m0/s1. The van der Waals surface area contributed by atoms with Gasteiger partial charge in [0.25, 0.3) is 0 Å². The first-order chi connectivity index (χ1) is 13.0. The van der Waals surface area contributed by atoms with Crippen molar-refractivity contribution in [3.05, 3.63) is 12.4 Å². The smallest absolute Gasteiger partial charge is 0.244 e. The van der Waals surface area contributed by atoms with E-state index < -0.39 is 16.1 Å². The molecule has 2 aliphatic heterocycles. The van der Waals surface area contributed by atoms with E-state index in [0.29, 0.717) is 31.1 Å². The molecule has 0 unspecified atom stereocenters. The topological polar surface area (TPSA) is 114 Å². The number of ether oxygens (including phenoxy) is 2. The average molecular weight is 398 g/mol. The normalized spacial score (nSPS) is 34.0. The van der Waals surface area contributed by atoms with E-state index in [0.717, 1.165) is 26.3 Å². The van der Waals surface area contributed by atoms with Crippen LogP contribution in [0.5, 0.6) is 0 Å². The Bertz CT molecular complexity index is 756. The molecule has 4 rings (SSSR count). The lowest BCUT2D eigenvalue weighted by Crippen LogP contribution is -2.50. The maximum atomic E-state index is 13.0. The molecule has 3 fully saturated rings. The Morgan fingerprint density at radius 3 is 2.70 bits per heavy atom. The minimum atomic E-state index is -3.71. The van der Waals surface area contributed by atoms with Gasteiger partial charge in [0, 0.05) is 50.2 Å². The second kappa shape index (κ2) is 7.50. The first-order valence-corrected chi connectivity index (χ1v) is 10.9. The molecule has 2 N–H and O–H groups in total. The highest BCUT2D eigenvalue weighted by atomic mass is 32.2. The molecule has 0 bridgehead atoms. The molecular formula is C17H26N4O5S. The fourth-order valence-corrected chi connectivity index (χ4v) is 5.73. The second-order valence-electron chi connectivity index (χ2n) is 7.75. The van der Waals surface area contributed by atoms with Crippen molar-refractivity contribution in [2.24, 2.45) is 17.8 Å². The summed E-state index contributed by atoms with van der Waals surface area (Å²) in [5, 5.41) is 6.21. The summed E-state index contributed by atoms with van der Waals surface area (Å²) in [4.78, 5) is 15.0. The molecule has 3 heterocycles. The number of amides is 1. The zero-order chi connectivity index (χ0) is 19.0. The molecule has 9 nitrogen and oxygen atoms in total. The molecule has 5 atom stereocenters. The summed E-state index contributed by atoms with van der Waals surface area (Å²) in [6, 6.07) is -0.442. The average Bonchev–Trinajstić information content (AvgIpc) is 3.37. The summed E-state index contributed by atoms with van der Waals surface area (Å²) in [5.41, 5.74) is 0. The van der Waals surface area contributed by atoms with Crippen LogP contribution in [0.15, 0.2) is 17.3 Å². The van der Waals surface area contributed by atoms with E-state index in [1.54, 1.807) is 7.11 Å². The van der Waals surface area contributed by atoms with Gasteiger partial charge in [0.15, 0.2) is 0 Å². The number of rotatable bonds is 5. The zero-order valence-corrected chi connectivity index (χ0v) is 16.2. The summed E-state index contributed by atoms with van der Waals surface area (Å²) in [6.07, 6.45) is 4.15. The van der Waals surface area contributed by atoms with Crippen molar-refractivity contribution in [3.8, 4) is 0 Å². The van der Waals surface area contributed by atoms with Crippen LogP contribution in [0.3, 0.4) is 0 Å². The van der Waals surface area contributed by atoms with E-state index in [9.17, 15) is 13.2 Å². The lowest BCUT2D eigenvalue weighted by molar-refractivity contribution is -0.137. The first-order valence-electron chi connectivity index (χ1n) is 9.38. The van der Waals surface area contributed by atoms with Crippen molar-refractivity contribution in [1.29, 1.82) is 0 Å². The first kappa shape index (κ1) is 18.9. The number of sulfonamides is 1. The lowest BCUT2D eigenvalue weighted by Gasteiger charge is -2.36. The molecule has 27 heavy (non-hydrogen) atoms. The van der Waals surface area contributed by atoms with E-state index in [4.69, 9.17) is 9.47 Å². The van der Waals surface area contributed by atoms with Crippen LogP contribution in [-0.2, 0) is 24.3 Å². The zero-order valence-electron chi connectivity index (χ0n) is 15.3. The number of H-pyrrole nitrogens is 1. The predicted octanol–water partition coefficient (Wildman–Crippen LogP) is -0.0235. The number of nitrogens with one attached hydrogen (secondary N) is 2. The fraction of sp³-hybridized carbons (Fsp3) is 0.765. The highest BCUT2D eigenvalue weighted by Gasteiger charge is 2.43. The van der Waals surface area contributed by atoms with Gasteiger partial charge in [-0.1, -0.05) is 0 Å². The van der Waals surface area contributed by atoms with Crippen LogP contribution in [0.4, 0.5) is 0 Å². The van der Waals surface area contributed by atoms with Crippen LogP contribution in [0.25, 0.3) is 0 Å². The van der Waals surface area contributed by atoms with Gasteiger partial charge in [0.05, 0.1) is 25.5 Å². The Morgan fingerprint density at radius 1 is 1.33 bits per heavy atom. The van der Waals surface area contributed by atoms with Crippen LogP contribution in [0.2, 0.25) is 0 Å². The number of nitrogens with zero attached hydrogens (tertiary/aromatic N) is 2. The molecule has 0 radical (unpaired) electrons. The highest BCUT2D eigenvalue weighted by Crippen LogP contribution is 2.34. The summed E-state index contributed by atoms with van der Waals surface area (Å²) in [5.74, 6) is 0.832. The maximum Gasteiger partial charge on any atom is 0.244 e. The molecule has 0 aromatic carbocycles. The Morgan fingerprint density at radius 2 is 2.07 bits per heavy atom. The molecule has 0 spiro atoms. The third kappa shape index (κ3) is 3.75. The minimum Gasteiger partial charge on any atom is -0.381 e. The second-order valence-corrected chi connectivity index (χ2v) is 9.46. The molecule has 1 aliphatic carbocycles. The maximum absolute atomic E-state index is 13.0. The van der Waals surface area contributed by atoms with Gasteiger partial charge in [-0.2, -0.15) is 5.10 Å². The number of carbonyl (C=O) groups is 1. The summed E-state index contributed by atoms with van der Waals surface area (Å²) < 4.78 is 38.8. The van der Waals surface area contributed by atoms with Gasteiger partial charge in [0.2, 0.25) is 15.9 Å². The van der Waals surface area contributed by atoms with Gasteiger partial charge < -0.3 is 14.4 Å². The molecule has 1 amide bonds. The van der Waals surface area contributed by atoms with Crippen LogP contribution in [0, 0.1) is 17.8 Å². The van der Waals surface area contributed by atoms with Gasteiger partial charge in [-0.15, -0.1) is 0 Å². The Labute approximate surface area is 158 Å². The molecule has 2 saturated heterocycles. The van der Waals surface area contributed by atoms with Crippen molar-refractivity contribution in [2.45, 2.75) is 36.3 Å². The largest absolute Gasteiger partial charge is 0.381 e. The van der Waals surface area contributed by atoms with Gasteiger partial charge >= 0.3 is 0 Å². The molecule has 3 aliphatic rings. The molecule has 1 aromatic rings. The number of hydrogen-bond donors (Lipinski definition) is 2. The monoisotopic (exact) mass is 398 g/mol. The molecule has 10 heteroatoms. The molecule has 1 saturated carbocycles. The lowest BCUT2D eigenvalue weighted by atomic mass is 9.83. The quantitative estimate of drug-likeness (QED) is 0.720. The van der Waals surface area contributed by atoms with Crippen LogP contribution < -0.4 is 4.72 Å². The van der Waals surface area contributed by atoms with Crippen LogP contribution >= 0.6 is 0 Å². The number of carbonyl (C=O) groups excluding carboxylic acids is 1. The number of aromatic amines is 1. The number of aromatic nitrogens is 2. The van der Waals surface area contributed by atoms with E-state index in [-0.39, 0.29) is 22.8 Å². The number of hydrogen-bond acceptors (Lipinski definition) is 6. The van der Waals surface area contributed by atoms with Gasteiger partial charge in [-0.3, -0.25) is 9.89 Å². The van der Waals surface area contributed by atoms with Crippen molar-refractivity contribution >= 4 is 15.9 Å². The van der Waals surface area contributed by atoms with E-state index in [1.165, 1.54) is 12.4 Å². The Balaban J connectivity index is 1.43. The summed E-state index contributed by atoms with van der Waals surface area (Å²) in [7, 11) is -2.13. The summed E-state index contributed by atoms with van der Waals surface area (Å²) in [6.45, 7) is 2.97. The fourth-order valence-electron chi connectivity index (χ4n) is 4.55. The molecule has 150 valence electrons. The van der Waals surface area contributed by atoms with Gasteiger partial charge in [0.1, 0.15) is 4.90 Å². The number of fused-ring (bicyclic) bond motifs is 1. The van der Waals surface area contributed by atoms with Crippen LogP contribution in [0.1, 0.15) is 19.3 Å².